The first kappa shape index (κ1) is 9.85. The lowest BCUT2D eigenvalue weighted by Crippen LogP contribution is -2.37. The molecule has 1 fully saturated rings. The molecule has 1 heterocycles. The number of isothiocyanates is 1. The van der Waals surface area contributed by atoms with Crippen molar-refractivity contribution in [1.29, 1.82) is 0 Å². The molecule has 0 bridgehead atoms. The van der Waals surface area contributed by atoms with Gasteiger partial charge in [-0.05, 0) is 50.6 Å². The van der Waals surface area contributed by atoms with Crippen LogP contribution in [0, 0.1) is 5.41 Å². The molecule has 0 atom stereocenters. The summed E-state index contributed by atoms with van der Waals surface area (Å²) >= 11 is 4.57. The molecule has 0 aliphatic carbocycles. The van der Waals surface area contributed by atoms with Gasteiger partial charge in [-0.2, -0.15) is 0 Å². The zero-order chi connectivity index (χ0) is 9.03. The molecule has 3 heteroatoms. The Morgan fingerprint density at radius 2 is 2.08 bits per heavy atom. The molecule has 0 aromatic heterocycles. The third-order valence-electron chi connectivity index (χ3n) is 2.72. The molecule has 1 rings (SSSR count). The second kappa shape index (κ2) is 4.13. The van der Waals surface area contributed by atoms with Crippen molar-refractivity contribution >= 4 is 17.4 Å². The van der Waals surface area contributed by atoms with Gasteiger partial charge < -0.3 is 4.90 Å². The van der Waals surface area contributed by atoms with Crippen LogP contribution in [0.4, 0.5) is 0 Å². The molecular formula is C9H16N2S. The Kier molecular flexibility index (Phi) is 3.39. The van der Waals surface area contributed by atoms with E-state index in [0.717, 1.165) is 6.54 Å². The molecular weight excluding hydrogens is 168 g/mol. The fraction of sp³-hybridized carbons (Fsp3) is 0.889. The normalized spacial score (nSPS) is 23.2. The average molecular weight is 184 g/mol. The minimum absolute atomic E-state index is 0.373. The highest BCUT2D eigenvalue weighted by atomic mass is 32.1. The number of hydrogen-bond donors (Lipinski definition) is 0. The van der Waals surface area contributed by atoms with E-state index in [0.29, 0.717) is 5.41 Å². The predicted octanol–water partition coefficient (Wildman–Crippen LogP) is 1.82. The smallest absolute Gasteiger partial charge is 0.0585 e. The lowest BCUT2D eigenvalue weighted by atomic mass is 9.81. The molecule has 0 unspecified atom stereocenters. The molecule has 0 aromatic rings. The molecule has 1 aliphatic rings. The fourth-order valence-electron chi connectivity index (χ4n) is 1.54. The largest absolute Gasteiger partial charge is 0.306 e. The van der Waals surface area contributed by atoms with Crippen LogP contribution in [0.5, 0.6) is 0 Å². The van der Waals surface area contributed by atoms with E-state index < -0.39 is 0 Å². The molecule has 68 valence electrons. The highest BCUT2D eigenvalue weighted by molar-refractivity contribution is 7.78. The average Bonchev–Trinajstić information content (AvgIpc) is 2.08. The first-order chi connectivity index (χ1) is 5.66. The Morgan fingerprint density at radius 3 is 2.58 bits per heavy atom. The van der Waals surface area contributed by atoms with E-state index >= 15 is 0 Å². The van der Waals surface area contributed by atoms with E-state index in [2.05, 4.69) is 41.2 Å². The summed E-state index contributed by atoms with van der Waals surface area (Å²) in [6.07, 6.45) is 2.45. The molecule has 2 nitrogen and oxygen atoms in total. The number of hydrogen-bond acceptors (Lipinski definition) is 3. The van der Waals surface area contributed by atoms with Crippen molar-refractivity contribution in [3.05, 3.63) is 0 Å². The summed E-state index contributed by atoms with van der Waals surface area (Å²) in [5.74, 6) is 0. The molecule has 0 radical (unpaired) electrons. The second-order valence-electron chi connectivity index (χ2n) is 4.02. The van der Waals surface area contributed by atoms with Crippen molar-refractivity contribution in [1.82, 2.24) is 4.90 Å². The Labute approximate surface area is 79.7 Å². The van der Waals surface area contributed by atoms with Gasteiger partial charge in [-0.15, -0.1) is 0 Å². The Bertz CT molecular complexity index is 189. The maximum absolute atomic E-state index is 4.57. The van der Waals surface area contributed by atoms with E-state index in [1.54, 1.807) is 0 Å². The van der Waals surface area contributed by atoms with Gasteiger partial charge in [0.2, 0.25) is 0 Å². The quantitative estimate of drug-likeness (QED) is 0.480. The van der Waals surface area contributed by atoms with Crippen LogP contribution in [0.25, 0.3) is 0 Å². The van der Waals surface area contributed by atoms with Crippen LogP contribution < -0.4 is 0 Å². The zero-order valence-corrected chi connectivity index (χ0v) is 8.65. The SMILES string of the molecule is CN1CCC(C)(CN=C=S)CC1. The van der Waals surface area contributed by atoms with Gasteiger partial charge in [-0.3, -0.25) is 0 Å². The van der Waals surface area contributed by atoms with Crippen molar-refractivity contribution < 1.29 is 0 Å². The maximum Gasteiger partial charge on any atom is 0.0585 e. The summed E-state index contributed by atoms with van der Waals surface area (Å²) < 4.78 is 0. The summed E-state index contributed by atoms with van der Waals surface area (Å²) in [7, 11) is 2.17. The van der Waals surface area contributed by atoms with Crippen molar-refractivity contribution in [3.63, 3.8) is 0 Å². The van der Waals surface area contributed by atoms with Gasteiger partial charge in [0.25, 0.3) is 0 Å². The van der Waals surface area contributed by atoms with E-state index in [1.807, 2.05) is 0 Å². The molecule has 12 heavy (non-hydrogen) atoms. The number of rotatable bonds is 2. The molecule has 0 N–H and O–H groups in total. The van der Waals surface area contributed by atoms with E-state index in [-0.39, 0.29) is 0 Å². The molecule has 0 spiro atoms. The lowest BCUT2D eigenvalue weighted by Gasteiger charge is -2.36. The first-order valence-electron chi connectivity index (χ1n) is 4.38. The fourth-order valence-corrected chi connectivity index (χ4v) is 1.60. The van der Waals surface area contributed by atoms with Crippen molar-refractivity contribution in [3.8, 4) is 0 Å². The zero-order valence-electron chi connectivity index (χ0n) is 7.84. The van der Waals surface area contributed by atoms with Gasteiger partial charge in [-0.1, -0.05) is 6.92 Å². The van der Waals surface area contributed by atoms with Crippen molar-refractivity contribution in [2.75, 3.05) is 26.7 Å². The summed E-state index contributed by atoms with van der Waals surface area (Å²) in [6, 6.07) is 0. The van der Waals surface area contributed by atoms with Crippen LogP contribution in [0.1, 0.15) is 19.8 Å². The van der Waals surface area contributed by atoms with E-state index in [9.17, 15) is 0 Å². The number of nitrogens with zero attached hydrogens (tertiary/aromatic N) is 2. The van der Waals surface area contributed by atoms with Crippen LogP contribution in [-0.2, 0) is 0 Å². The summed E-state index contributed by atoms with van der Waals surface area (Å²) in [4.78, 5) is 6.40. The highest BCUT2D eigenvalue weighted by Crippen LogP contribution is 2.30. The minimum Gasteiger partial charge on any atom is -0.306 e. The van der Waals surface area contributed by atoms with Gasteiger partial charge >= 0.3 is 0 Å². The van der Waals surface area contributed by atoms with Crippen molar-refractivity contribution in [2.45, 2.75) is 19.8 Å². The Morgan fingerprint density at radius 1 is 1.50 bits per heavy atom. The Hall–Kier alpha value is -0.240. The first-order valence-corrected chi connectivity index (χ1v) is 4.79. The van der Waals surface area contributed by atoms with E-state index in [1.165, 1.54) is 25.9 Å². The number of likely N-dealkylation sites (tertiary alicyclic amines) is 1. The van der Waals surface area contributed by atoms with Crippen LogP contribution in [0.2, 0.25) is 0 Å². The van der Waals surface area contributed by atoms with Crippen LogP contribution in [-0.4, -0.2) is 36.7 Å². The van der Waals surface area contributed by atoms with Gasteiger partial charge in [0.05, 0.1) is 11.7 Å². The maximum atomic E-state index is 4.57. The monoisotopic (exact) mass is 184 g/mol. The second-order valence-corrected chi connectivity index (χ2v) is 4.20. The topological polar surface area (TPSA) is 15.6 Å². The van der Waals surface area contributed by atoms with Crippen LogP contribution in [0.3, 0.4) is 0 Å². The van der Waals surface area contributed by atoms with Crippen molar-refractivity contribution in [2.24, 2.45) is 10.4 Å². The third kappa shape index (κ3) is 2.67. The summed E-state index contributed by atoms with van der Waals surface area (Å²) in [5, 5.41) is 2.45. The van der Waals surface area contributed by atoms with Gasteiger partial charge in [0, 0.05) is 0 Å². The van der Waals surface area contributed by atoms with Crippen LogP contribution >= 0.6 is 12.2 Å². The highest BCUT2D eigenvalue weighted by Gasteiger charge is 2.28. The lowest BCUT2D eigenvalue weighted by molar-refractivity contribution is 0.147. The van der Waals surface area contributed by atoms with Crippen LogP contribution in [0.15, 0.2) is 4.99 Å². The molecule has 0 saturated carbocycles. The number of thiocarbonyl (C=S) groups is 1. The third-order valence-corrected chi connectivity index (χ3v) is 2.85. The molecule has 1 saturated heterocycles. The summed E-state index contributed by atoms with van der Waals surface area (Å²) in [5.41, 5.74) is 0.373. The molecule has 0 aromatic carbocycles. The Balaban J connectivity index is 2.44. The van der Waals surface area contributed by atoms with Gasteiger partial charge in [0.1, 0.15) is 0 Å². The summed E-state index contributed by atoms with van der Waals surface area (Å²) in [6.45, 7) is 5.51. The van der Waals surface area contributed by atoms with Gasteiger partial charge in [-0.25, -0.2) is 4.99 Å². The van der Waals surface area contributed by atoms with E-state index in [4.69, 9.17) is 0 Å². The number of piperidine rings is 1. The molecule has 0 amide bonds. The number of aliphatic imine (C=N–C) groups is 1. The minimum atomic E-state index is 0.373. The van der Waals surface area contributed by atoms with Gasteiger partial charge in [0.15, 0.2) is 0 Å². The molecule has 1 aliphatic heterocycles. The standard InChI is InChI=1S/C9H16N2S/c1-9(7-10-8-12)3-5-11(2)6-4-9/h3-7H2,1-2H3. The predicted molar refractivity (Wildman–Crippen MR) is 54.7 cm³/mol.